The fourth-order valence-electron chi connectivity index (χ4n) is 1.73. The van der Waals surface area contributed by atoms with Gasteiger partial charge in [0.05, 0.1) is 11.6 Å². The largest absolute Gasteiger partial charge is 0.507 e. The van der Waals surface area contributed by atoms with E-state index in [4.69, 9.17) is 4.42 Å². The molecule has 1 aromatic carbocycles. The summed E-state index contributed by atoms with van der Waals surface area (Å²) in [7, 11) is 0. The second kappa shape index (κ2) is 5.14. The van der Waals surface area contributed by atoms with E-state index in [0.29, 0.717) is 5.76 Å². The second-order valence-electron chi connectivity index (χ2n) is 4.31. The molecule has 0 bridgehead atoms. The van der Waals surface area contributed by atoms with Gasteiger partial charge in [-0.25, -0.2) is 4.39 Å². The Hall–Kier alpha value is -2.30. The van der Waals surface area contributed by atoms with Crippen LogP contribution in [0.1, 0.15) is 34.8 Å². The number of carbonyl (C=O) groups excluding carboxylic acids is 1. The van der Waals surface area contributed by atoms with Crippen LogP contribution in [0.25, 0.3) is 0 Å². The van der Waals surface area contributed by atoms with Crippen molar-refractivity contribution >= 4 is 5.91 Å². The fourth-order valence-corrected chi connectivity index (χ4v) is 1.73. The van der Waals surface area contributed by atoms with E-state index in [9.17, 15) is 14.3 Å². The average molecular weight is 263 g/mol. The van der Waals surface area contributed by atoms with E-state index < -0.39 is 11.7 Å². The Morgan fingerprint density at radius 1 is 1.37 bits per heavy atom. The summed E-state index contributed by atoms with van der Waals surface area (Å²) in [5.41, 5.74) is 0.0246. The first kappa shape index (κ1) is 13.1. The molecule has 0 saturated carbocycles. The van der Waals surface area contributed by atoms with Gasteiger partial charge in [-0.2, -0.15) is 0 Å². The zero-order chi connectivity index (χ0) is 14.0. The lowest BCUT2D eigenvalue weighted by molar-refractivity contribution is 0.0932. The van der Waals surface area contributed by atoms with Crippen molar-refractivity contribution in [2.75, 3.05) is 0 Å². The minimum absolute atomic E-state index is 0.0246. The molecule has 100 valence electrons. The van der Waals surface area contributed by atoms with E-state index in [1.807, 2.05) is 6.92 Å². The van der Waals surface area contributed by atoms with Crippen LogP contribution >= 0.6 is 0 Å². The summed E-state index contributed by atoms with van der Waals surface area (Å²) in [6, 6.07) is 6.48. The van der Waals surface area contributed by atoms with E-state index in [1.165, 1.54) is 6.07 Å². The number of halogens is 1. The van der Waals surface area contributed by atoms with Gasteiger partial charge in [0, 0.05) is 6.07 Å². The number of aryl methyl sites for hydroxylation is 1. The molecule has 1 unspecified atom stereocenters. The highest BCUT2D eigenvalue weighted by molar-refractivity contribution is 5.96. The van der Waals surface area contributed by atoms with Crippen LogP contribution in [0.3, 0.4) is 0 Å². The zero-order valence-corrected chi connectivity index (χ0v) is 10.6. The van der Waals surface area contributed by atoms with Crippen LogP contribution in [0.5, 0.6) is 5.75 Å². The van der Waals surface area contributed by atoms with Gasteiger partial charge in [-0.3, -0.25) is 4.79 Å². The molecule has 1 atom stereocenters. The maximum Gasteiger partial charge on any atom is 0.255 e. The molecule has 1 aromatic heterocycles. The van der Waals surface area contributed by atoms with Crippen molar-refractivity contribution in [2.45, 2.75) is 19.9 Å². The predicted octanol–water partition coefficient (Wildman–Crippen LogP) is 2.92. The van der Waals surface area contributed by atoms with Crippen LogP contribution in [0.2, 0.25) is 0 Å². The van der Waals surface area contributed by atoms with Gasteiger partial charge in [-0.05, 0) is 38.1 Å². The molecule has 0 saturated heterocycles. The number of aromatic hydroxyl groups is 1. The monoisotopic (exact) mass is 263 g/mol. The summed E-state index contributed by atoms with van der Waals surface area (Å²) >= 11 is 0. The van der Waals surface area contributed by atoms with Crippen LogP contribution in [-0.4, -0.2) is 11.0 Å². The van der Waals surface area contributed by atoms with Gasteiger partial charge in [-0.15, -0.1) is 0 Å². The zero-order valence-electron chi connectivity index (χ0n) is 10.6. The van der Waals surface area contributed by atoms with Crippen molar-refractivity contribution in [3.05, 3.63) is 53.2 Å². The molecule has 2 N–H and O–H groups in total. The summed E-state index contributed by atoms with van der Waals surface area (Å²) in [6.07, 6.45) is 0. The van der Waals surface area contributed by atoms with Gasteiger partial charge in [-0.1, -0.05) is 0 Å². The van der Waals surface area contributed by atoms with E-state index >= 15 is 0 Å². The third kappa shape index (κ3) is 2.93. The lowest BCUT2D eigenvalue weighted by atomic mass is 10.1. The molecule has 2 rings (SSSR count). The van der Waals surface area contributed by atoms with Gasteiger partial charge in [0.25, 0.3) is 5.91 Å². The van der Waals surface area contributed by atoms with Crippen LogP contribution in [-0.2, 0) is 0 Å². The van der Waals surface area contributed by atoms with Gasteiger partial charge >= 0.3 is 0 Å². The molecule has 0 aliphatic rings. The highest BCUT2D eigenvalue weighted by Crippen LogP contribution is 2.20. The summed E-state index contributed by atoms with van der Waals surface area (Å²) < 4.78 is 18.2. The summed E-state index contributed by atoms with van der Waals surface area (Å²) in [5, 5.41) is 12.2. The Morgan fingerprint density at radius 3 is 2.68 bits per heavy atom. The maximum absolute atomic E-state index is 12.8. The van der Waals surface area contributed by atoms with Gasteiger partial charge < -0.3 is 14.8 Å². The Morgan fingerprint density at radius 2 is 2.11 bits per heavy atom. The standard InChI is InChI=1S/C14H14FNO3/c1-8-3-6-13(19-8)9(2)16-14(18)11-5-4-10(15)7-12(11)17/h3-7,9,17H,1-2H3,(H,16,18). The lowest BCUT2D eigenvalue weighted by Crippen LogP contribution is -2.26. The number of phenols is 1. The highest BCUT2D eigenvalue weighted by Gasteiger charge is 2.16. The maximum atomic E-state index is 12.8. The number of hydrogen-bond acceptors (Lipinski definition) is 3. The molecule has 0 aliphatic heterocycles. The molecular formula is C14H14FNO3. The van der Waals surface area contributed by atoms with Crippen molar-refractivity contribution in [1.82, 2.24) is 5.32 Å². The van der Waals surface area contributed by atoms with E-state index in [0.717, 1.165) is 17.9 Å². The van der Waals surface area contributed by atoms with Crippen molar-refractivity contribution in [3.63, 3.8) is 0 Å². The van der Waals surface area contributed by atoms with E-state index in [1.54, 1.807) is 19.1 Å². The quantitative estimate of drug-likeness (QED) is 0.895. The first-order valence-corrected chi connectivity index (χ1v) is 5.83. The number of rotatable bonds is 3. The van der Waals surface area contributed by atoms with Gasteiger partial charge in [0.2, 0.25) is 0 Å². The Bertz CT molecular complexity index is 606. The average Bonchev–Trinajstić information content (AvgIpc) is 2.75. The normalized spacial score (nSPS) is 12.2. The minimum Gasteiger partial charge on any atom is -0.507 e. The number of nitrogens with one attached hydrogen (secondary N) is 1. The molecule has 5 heteroatoms. The fraction of sp³-hybridized carbons (Fsp3) is 0.214. The van der Waals surface area contributed by atoms with Crippen LogP contribution in [0, 0.1) is 12.7 Å². The number of phenolic OH excluding ortho intramolecular Hbond substituents is 1. The first-order valence-electron chi connectivity index (χ1n) is 5.83. The van der Waals surface area contributed by atoms with Gasteiger partial charge in [0.15, 0.2) is 0 Å². The summed E-state index contributed by atoms with van der Waals surface area (Å²) in [4.78, 5) is 11.9. The molecule has 1 amide bonds. The number of amides is 1. The molecule has 0 radical (unpaired) electrons. The second-order valence-corrected chi connectivity index (χ2v) is 4.31. The minimum atomic E-state index is -0.594. The molecule has 19 heavy (non-hydrogen) atoms. The number of furan rings is 1. The Kier molecular flexibility index (Phi) is 3.55. The SMILES string of the molecule is Cc1ccc(C(C)NC(=O)c2ccc(F)cc2O)o1. The molecule has 0 spiro atoms. The summed E-state index contributed by atoms with van der Waals surface area (Å²) in [5.74, 6) is -0.101. The van der Waals surface area contributed by atoms with Crippen molar-refractivity contribution < 1.29 is 18.7 Å². The smallest absolute Gasteiger partial charge is 0.255 e. The third-order valence-electron chi connectivity index (χ3n) is 2.74. The number of hydrogen-bond donors (Lipinski definition) is 2. The molecule has 0 fully saturated rings. The van der Waals surface area contributed by atoms with Crippen molar-refractivity contribution in [3.8, 4) is 5.75 Å². The summed E-state index contributed by atoms with van der Waals surface area (Å²) in [6.45, 7) is 3.57. The van der Waals surface area contributed by atoms with E-state index in [-0.39, 0.29) is 17.4 Å². The molecule has 4 nitrogen and oxygen atoms in total. The topological polar surface area (TPSA) is 62.5 Å². The van der Waals surface area contributed by atoms with Crippen molar-refractivity contribution in [2.24, 2.45) is 0 Å². The first-order chi connectivity index (χ1) is 8.97. The van der Waals surface area contributed by atoms with Crippen LogP contribution in [0.15, 0.2) is 34.7 Å². The van der Waals surface area contributed by atoms with E-state index in [2.05, 4.69) is 5.32 Å². The highest BCUT2D eigenvalue weighted by atomic mass is 19.1. The molecule has 2 aromatic rings. The van der Waals surface area contributed by atoms with Crippen LogP contribution < -0.4 is 5.32 Å². The Balaban J connectivity index is 2.12. The van der Waals surface area contributed by atoms with Crippen molar-refractivity contribution in [1.29, 1.82) is 0 Å². The molecular weight excluding hydrogens is 249 g/mol. The third-order valence-corrected chi connectivity index (χ3v) is 2.74. The van der Waals surface area contributed by atoms with Crippen LogP contribution in [0.4, 0.5) is 4.39 Å². The Labute approximate surface area is 109 Å². The van der Waals surface area contributed by atoms with Gasteiger partial charge in [0.1, 0.15) is 23.1 Å². The lowest BCUT2D eigenvalue weighted by Gasteiger charge is -2.12. The molecule has 1 heterocycles. The number of carbonyl (C=O) groups is 1. The number of benzene rings is 1. The predicted molar refractivity (Wildman–Crippen MR) is 67.4 cm³/mol. The molecule has 0 aliphatic carbocycles.